The fourth-order valence-corrected chi connectivity index (χ4v) is 3.00. The van der Waals surface area contributed by atoms with E-state index in [1.807, 2.05) is 0 Å². The minimum Gasteiger partial charge on any atom is -0.494 e. The molecule has 1 aromatic heterocycles. The molecule has 3 rings (SSSR count). The van der Waals surface area contributed by atoms with Gasteiger partial charge in [0.05, 0.1) is 24.1 Å². The van der Waals surface area contributed by atoms with E-state index in [-0.39, 0.29) is 33.9 Å². The number of rotatable bonds is 6. The molecule has 0 N–H and O–H groups in total. The van der Waals surface area contributed by atoms with Gasteiger partial charge in [-0.1, -0.05) is 24.2 Å². The molecule has 146 valence electrons. The van der Waals surface area contributed by atoms with Gasteiger partial charge >= 0.3 is 6.61 Å². The van der Waals surface area contributed by atoms with E-state index in [4.69, 9.17) is 16.3 Å². The molecule has 0 aliphatic heterocycles. The van der Waals surface area contributed by atoms with Crippen molar-refractivity contribution >= 4 is 17.7 Å². The third-order valence-corrected chi connectivity index (χ3v) is 4.12. The van der Waals surface area contributed by atoms with Crippen LogP contribution in [-0.4, -0.2) is 23.3 Å². The predicted octanol–water partition coefficient (Wildman–Crippen LogP) is 5.72. The summed E-state index contributed by atoms with van der Waals surface area (Å²) in [5, 5.41) is -0.207. The number of aromatic nitrogens is 2. The molecule has 2 aromatic carbocycles. The summed E-state index contributed by atoms with van der Waals surface area (Å²) in [6, 6.07) is 7.69. The van der Waals surface area contributed by atoms with Crippen molar-refractivity contribution in [2.75, 3.05) is 7.11 Å². The number of halogens is 5. The van der Waals surface area contributed by atoms with E-state index in [1.54, 1.807) is 0 Å². The summed E-state index contributed by atoms with van der Waals surface area (Å²) in [7, 11) is 1.24. The first-order valence-corrected chi connectivity index (χ1v) is 8.23. The smallest absolute Gasteiger partial charge is 0.387 e. The van der Waals surface area contributed by atoms with Gasteiger partial charge in [-0.15, -0.1) is 0 Å². The van der Waals surface area contributed by atoms with Gasteiger partial charge in [-0.3, -0.25) is 4.57 Å². The van der Waals surface area contributed by atoms with Gasteiger partial charge in [0.1, 0.15) is 17.4 Å². The van der Waals surface area contributed by atoms with Crippen LogP contribution in [0, 0.1) is 11.6 Å². The van der Waals surface area contributed by atoms with Crippen molar-refractivity contribution in [3.05, 3.63) is 65.6 Å². The van der Waals surface area contributed by atoms with Crippen LogP contribution in [0.4, 0.5) is 17.6 Å². The molecule has 0 saturated carbocycles. The second-order valence-electron chi connectivity index (χ2n) is 5.46. The lowest BCUT2D eigenvalue weighted by atomic mass is 10.1. The number of imidazole rings is 1. The van der Waals surface area contributed by atoms with Crippen molar-refractivity contribution in [3.63, 3.8) is 0 Å². The third-order valence-electron chi connectivity index (χ3n) is 3.86. The van der Waals surface area contributed by atoms with Crippen LogP contribution in [0.15, 0.2) is 43.0 Å². The summed E-state index contributed by atoms with van der Waals surface area (Å²) in [5.74, 6) is -2.09. The lowest BCUT2D eigenvalue weighted by Crippen LogP contribution is -2.05. The largest absolute Gasteiger partial charge is 0.494 e. The lowest BCUT2D eigenvalue weighted by molar-refractivity contribution is -0.0498. The van der Waals surface area contributed by atoms with Crippen LogP contribution < -0.4 is 9.47 Å². The molecule has 28 heavy (non-hydrogen) atoms. The van der Waals surface area contributed by atoms with Crippen molar-refractivity contribution in [2.45, 2.75) is 6.61 Å². The molecule has 0 aliphatic carbocycles. The zero-order valence-electron chi connectivity index (χ0n) is 14.4. The number of hydrogen-bond acceptors (Lipinski definition) is 3. The topological polar surface area (TPSA) is 36.3 Å². The Kier molecular flexibility index (Phi) is 5.60. The molecular weight excluding hydrogens is 400 g/mol. The Morgan fingerprint density at radius 1 is 1.21 bits per heavy atom. The van der Waals surface area contributed by atoms with E-state index in [9.17, 15) is 17.6 Å². The molecule has 0 fully saturated rings. The molecule has 0 saturated heterocycles. The van der Waals surface area contributed by atoms with Crippen molar-refractivity contribution in [3.8, 4) is 28.4 Å². The third kappa shape index (κ3) is 3.55. The Morgan fingerprint density at radius 3 is 2.61 bits per heavy atom. The van der Waals surface area contributed by atoms with Crippen LogP contribution in [0.2, 0.25) is 5.15 Å². The molecule has 0 aliphatic rings. The van der Waals surface area contributed by atoms with Gasteiger partial charge in [-0.25, -0.2) is 13.8 Å². The second kappa shape index (κ2) is 7.93. The average molecular weight is 413 g/mol. The summed E-state index contributed by atoms with van der Waals surface area (Å²) < 4.78 is 65.1. The first-order valence-electron chi connectivity index (χ1n) is 7.85. The molecule has 0 unspecified atom stereocenters. The molecular formula is C19H13ClF4N2O2. The maximum absolute atomic E-state index is 14.8. The summed E-state index contributed by atoms with van der Waals surface area (Å²) in [5.41, 5.74) is -0.367. The van der Waals surface area contributed by atoms with Crippen molar-refractivity contribution < 1.29 is 27.0 Å². The van der Waals surface area contributed by atoms with Gasteiger partial charge in [0.15, 0.2) is 16.7 Å². The Labute approximate surface area is 162 Å². The van der Waals surface area contributed by atoms with Gasteiger partial charge in [0.25, 0.3) is 0 Å². The summed E-state index contributed by atoms with van der Waals surface area (Å²) in [6.45, 7) is 0.575. The fraction of sp³-hybridized carbons (Fsp3) is 0.105. The van der Waals surface area contributed by atoms with E-state index < -0.39 is 23.8 Å². The Morgan fingerprint density at radius 2 is 1.96 bits per heavy atom. The zero-order chi connectivity index (χ0) is 20.4. The van der Waals surface area contributed by atoms with Gasteiger partial charge in [-0.2, -0.15) is 8.78 Å². The van der Waals surface area contributed by atoms with Gasteiger partial charge < -0.3 is 9.47 Å². The van der Waals surface area contributed by atoms with Gasteiger partial charge in [0.2, 0.25) is 0 Å². The monoisotopic (exact) mass is 412 g/mol. The fourth-order valence-electron chi connectivity index (χ4n) is 2.73. The molecule has 1 heterocycles. The SMILES string of the molecule is C=Cc1nc(Cl)c(-c2c(F)ccc(OC)c2F)n1-c1cccc(OC(F)F)c1. The summed E-state index contributed by atoms with van der Waals surface area (Å²) in [4.78, 5) is 4.06. The van der Waals surface area contributed by atoms with Crippen LogP contribution in [0.3, 0.4) is 0 Å². The first kappa shape index (κ1) is 19.8. The van der Waals surface area contributed by atoms with E-state index in [0.717, 1.165) is 12.1 Å². The summed E-state index contributed by atoms with van der Waals surface area (Å²) in [6.07, 6.45) is 1.31. The number of ether oxygens (including phenoxy) is 2. The maximum Gasteiger partial charge on any atom is 0.387 e. The van der Waals surface area contributed by atoms with Crippen molar-refractivity contribution in [1.29, 1.82) is 0 Å². The molecule has 4 nitrogen and oxygen atoms in total. The average Bonchev–Trinajstić information content (AvgIpc) is 2.98. The van der Waals surface area contributed by atoms with E-state index in [1.165, 1.54) is 42.0 Å². The number of benzene rings is 2. The van der Waals surface area contributed by atoms with Crippen molar-refractivity contribution in [2.24, 2.45) is 0 Å². The van der Waals surface area contributed by atoms with Gasteiger partial charge in [0, 0.05) is 6.07 Å². The number of nitrogens with zero attached hydrogens (tertiary/aromatic N) is 2. The van der Waals surface area contributed by atoms with Crippen LogP contribution >= 0.6 is 11.6 Å². The zero-order valence-corrected chi connectivity index (χ0v) is 15.2. The van der Waals surface area contributed by atoms with E-state index >= 15 is 0 Å². The maximum atomic E-state index is 14.8. The first-order chi connectivity index (χ1) is 13.4. The molecule has 0 bridgehead atoms. The standard InChI is InChI=1S/C19H13ClF4N2O2/c1-3-14-25-18(20)17(15-12(21)7-8-13(27-2)16(15)22)26(14)10-5-4-6-11(9-10)28-19(23)24/h3-9,19H,1H2,2H3. The predicted molar refractivity (Wildman–Crippen MR) is 97.2 cm³/mol. The minimum absolute atomic E-state index is 0.125. The molecule has 0 radical (unpaired) electrons. The molecule has 0 spiro atoms. The van der Waals surface area contributed by atoms with Crippen molar-refractivity contribution in [1.82, 2.24) is 9.55 Å². The van der Waals surface area contributed by atoms with E-state index in [0.29, 0.717) is 0 Å². The molecule has 3 aromatic rings. The van der Waals surface area contributed by atoms with Crippen LogP contribution in [0.25, 0.3) is 23.0 Å². The highest BCUT2D eigenvalue weighted by Crippen LogP contribution is 2.38. The number of alkyl halides is 2. The minimum atomic E-state index is -3.03. The quantitative estimate of drug-likeness (QED) is 0.485. The Balaban J connectivity index is 2.30. The molecule has 9 heteroatoms. The van der Waals surface area contributed by atoms with Crippen LogP contribution in [-0.2, 0) is 0 Å². The molecule has 0 amide bonds. The normalized spacial score (nSPS) is 11.0. The highest BCUT2D eigenvalue weighted by Gasteiger charge is 2.25. The van der Waals surface area contributed by atoms with Crippen LogP contribution in [0.1, 0.15) is 5.82 Å². The van der Waals surface area contributed by atoms with Gasteiger partial charge in [-0.05, 0) is 30.3 Å². The van der Waals surface area contributed by atoms with Crippen LogP contribution in [0.5, 0.6) is 11.5 Å². The highest BCUT2D eigenvalue weighted by atomic mass is 35.5. The summed E-state index contributed by atoms with van der Waals surface area (Å²) >= 11 is 6.17. The second-order valence-corrected chi connectivity index (χ2v) is 5.82. The Bertz CT molecular complexity index is 1040. The number of hydrogen-bond donors (Lipinski definition) is 0. The van der Waals surface area contributed by atoms with E-state index in [2.05, 4.69) is 16.3 Å². The Hall–Kier alpha value is -3.00. The molecule has 0 atom stereocenters. The lowest BCUT2D eigenvalue weighted by Gasteiger charge is -2.15. The number of methoxy groups -OCH3 is 1. The highest BCUT2D eigenvalue weighted by molar-refractivity contribution is 6.32.